The number of benzene rings is 2. The van der Waals surface area contributed by atoms with E-state index >= 15 is 0 Å². The monoisotopic (exact) mass is 581 g/mol. The summed E-state index contributed by atoms with van der Waals surface area (Å²) < 4.78 is 40.9. The van der Waals surface area contributed by atoms with Crippen LogP contribution in [0, 0.1) is 5.41 Å². The van der Waals surface area contributed by atoms with Crippen LogP contribution in [-0.4, -0.2) is 38.1 Å². The molecule has 208 valence electrons. The molecule has 2 aromatic carbocycles. The predicted molar refractivity (Wildman–Crippen MR) is 147 cm³/mol. The van der Waals surface area contributed by atoms with Crippen molar-refractivity contribution >= 4 is 58.4 Å². The summed E-state index contributed by atoms with van der Waals surface area (Å²) >= 11 is 5.61. The number of alkyl halides is 3. The molecule has 0 fully saturated rings. The SMILES string of the molecule is CC(C)(C)[C@H](N)CNc1ncnc2c1ncn2-c1ccc(N=C([O-])Nc2ccc(Cl)c(C(F)(F)F)c2)cc1.Cl. The highest BCUT2D eigenvalue weighted by atomic mass is 35.5. The van der Waals surface area contributed by atoms with Crippen LogP contribution in [0.4, 0.5) is 30.4 Å². The third-order valence-electron chi connectivity index (χ3n) is 5.82. The minimum absolute atomic E-state index is 0. The van der Waals surface area contributed by atoms with E-state index in [1.54, 1.807) is 35.2 Å². The maximum atomic E-state index is 13.1. The van der Waals surface area contributed by atoms with Crippen LogP contribution in [0.2, 0.25) is 5.02 Å². The lowest BCUT2D eigenvalue weighted by molar-refractivity contribution is -0.214. The van der Waals surface area contributed by atoms with Gasteiger partial charge in [0.05, 0.1) is 22.3 Å². The summed E-state index contributed by atoms with van der Waals surface area (Å²) in [6.07, 6.45) is -1.62. The molecule has 14 heteroatoms. The number of aliphatic imine (C=N–C) groups is 1. The molecule has 1 atom stereocenters. The van der Waals surface area contributed by atoms with Gasteiger partial charge in [-0.3, -0.25) is 4.57 Å². The zero-order chi connectivity index (χ0) is 27.7. The topological polar surface area (TPSA) is 129 Å². The smallest absolute Gasteiger partial charge is 0.417 e. The first-order chi connectivity index (χ1) is 17.8. The Morgan fingerprint density at radius 3 is 2.44 bits per heavy atom. The van der Waals surface area contributed by atoms with Gasteiger partial charge in [0, 0.05) is 24.0 Å². The van der Waals surface area contributed by atoms with Gasteiger partial charge >= 0.3 is 6.18 Å². The van der Waals surface area contributed by atoms with Crippen LogP contribution in [0.5, 0.6) is 0 Å². The number of hydrogen-bond acceptors (Lipinski definition) is 7. The fraction of sp³-hybridized carbons (Fsp3) is 0.280. The van der Waals surface area contributed by atoms with Crippen LogP contribution in [0.15, 0.2) is 60.1 Å². The van der Waals surface area contributed by atoms with Crippen LogP contribution in [0.1, 0.15) is 26.3 Å². The number of anilines is 2. The number of amidine groups is 1. The van der Waals surface area contributed by atoms with Gasteiger partial charge < -0.3 is 21.5 Å². The average molecular weight is 582 g/mol. The largest absolute Gasteiger partial charge is 0.846 e. The van der Waals surface area contributed by atoms with E-state index in [9.17, 15) is 18.3 Å². The molecule has 4 rings (SSSR count). The van der Waals surface area contributed by atoms with E-state index in [1.807, 2.05) is 0 Å². The van der Waals surface area contributed by atoms with Crippen molar-refractivity contribution in [2.24, 2.45) is 16.1 Å². The summed E-state index contributed by atoms with van der Waals surface area (Å²) in [7, 11) is 0. The fourth-order valence-electron chi connectivity index (χ4n) is 3.44. The molecule has 4 aromatic rings. The molecule has 0 aliphatic rings. The molecule has 39 heavy (non-hydrogen) atoms. The van der Waals surface area contributed by atoms with Gasteiger partial charge in [0.1, 0.15) is 12.7 Å². The number of nitrogens with zero attached hydrogens (tertiary/aromatic N) is 5. The Morgan fingerprint density at radius 1 is 1.10 bits per heavy atom. The number of aromatic nitrogens is 4. The van der Waals surface area contributed by atoms with Gasteiger partial charge in [-0.25, -0.2) is 19.9 Å². The Balaban J connectivity index is 0.00000420. The lowest BCUT2D eigenvalue weighted by Crippen LogP contribution is -2.41. The second kappa shape index (κ2) is 11.6. The van der Waals surface area contributed by atoms with Gasteiger partial charge in [-0.2, -0.15) is 13.2 Å². The highest BCUT2D eigenvalue weighted by Gasteiger charge is 2.33. The van der Waals surface area contributed by atoms with Gasteiger partial charge in [-0.15, -0.1) is 12.4 Å². The number of nitrogens with one attached hydrogen (secondary N) is 2. The zero-order valence-electron chi connectivity index (χ0n) is 21.1. The number of imidazole rings is 1. The van der Waals surface area contributed by atoms with E-state index < -0.39 is 22.8 Å². The molecule has 2 heterocycles. The lowest BCUT2D eigenvalue weighted by atomic mass is 9.87. The molecule has 0 unspecified atom stereocenters. The second-order valence-corrected chi connectivity index (χ2v) is 10.0. The van der Waals surface area contributed by atoms with Crippen molar-refractivity contribution in [3.63, 3.8) is 0 Å². The van der Waals surface area contributed by atoms with Crippen molar-refractivity contribution in [3.8, 4) is 5.69 Å². The van der Waals surface area contributed by atoms with Crippen LogP contribution in [-0.2, 0) is 6.18 Å². The summed E-state index contributed by atoms with van der Waals surface area (Å²) in [5, 5.41) is 17.4. The van der Waals surface area contributed by atoms with Crippen molar-refractivity contribution in [1.82, 2.24) is 19.5 Å². The maximum absolute atomic E-state index is 13.1. The summed E-state index contributed by atoms with van der Waals surface area (Å²) in [6.45, 7) is 6.69. The normalized spacial score (nSPS) is 13.2. The van der Waals surface area contributed by atoms with Crippen LogP contribution in [0.3, 0.4) is 0 Å². The van der Waals surface area contributed by atoms with E-state index in [1.165, 1.54) is 12.4 Å². The molecule has 0 radical (unpaired) electrons. The van der Waals surface area contributed by atoms with E-state index in [-0.39, 0.29) is 29.6 Å². The molecule has 0 saturated heterocycles. The summed E-state index contributed by atoms with van der Waals surface area (Å²) in [4.78, 5) is 17.0. The Labute approximate surface area is 233 Å². The number of halogens is 5. The molecular formula is C25H26Cl2F3N8O-. The molecule has 0 aliphatic carbocycles. The molecule has 2 aromatic heterocycles. The number of fused-ring (bicyclic) bond motifs is 1. The van der Waals surface area contributed by atoms with Crippen molar-refractivity contribution in [2.75, 3.05) is 17.2 Å². The Bertz CT molecular complexity index is 1470. The van der Waals surface area contributed by atoms with E-state index in [4.69, 9.17) is 17.3 Å². The predicted octanol–water partition coefficient (Wildman–Crippen LogP) is 5.15. The van der Waals surface area contributed by atoms with E-state index in [2.05, 4.69) is 51.3 Å². The highest BCUT2D eigenvalue weighted by Crippen LogP contribution is 2.36. The second-order valence-electron chi connectivity index (χ2n) is 9.61. The van der Waals surface area contributed by atoms with E-state index in [0.717, 1.165) is 12.1 Å². The van der Waals surface area contributed by atoms with Crippen molar-refractivity contribution in [2.45, 2.75) is 33.0 Å². The number of rotatable bonds is 6. The maximum Gasteiger partial charge on any atom is 0.417 e. The highest BCUT2D eigenvalue weighted by molar-refractivity contribution is 6.31. The first-order valence-electron chi connectivity index (χ1n) is 11.5. The standard InChI is InChI=1S/C25H26ClF3N8O.ClH/c1-24(2,3)19(30)11-31-21-20-22(33-12-32-21)37(13-34-20)16-7-4-14(5-8-16)35-23(38)36-15-6-9-18(26)17(10-15)25(27,28)29;/h4-10,12-13,19H,11,30H2,1-3H3,(H,31,32,33)(H2,35,36,38);1H/p-1/t19-;/m1./s1. The molecule has 0 aliphatic heterocycles. The summed E-state index contributed by atoms with van der Waals surface area (Å²) in [5.74, 6) is 0.563. The van der Waals surface area contributed by atoms with Crippen LogP contribution < -0.4 is 21.5 Å². The minimum atomic E-state index is -4.65. The molecule has 0 spiro atoms. The lowest BCUT2D eigenvalue weighted by Gasteiger charge is -2.27. The molecule has 0 saturated carbocycles. The van der Waals surface area contributed by atoms with Crippen molar-refractivity contribution in [1.29, 1.82) is 0 Å². The minimum Gasteiger partial charge on any atom is -0.846 e. The average Bonchev–Trinajstić information content (AvgIpc) is 3.27. The Hall–Kier alpha value is -3.61. The first kappa shape index (κ1) is 29.9. The Morgan fingerprint density at radius 2 is 1.79 bits per heavy atom. The van der Waals surface area contributed by atoms with E-state index in [0.29, 0.717) is 34.9 Å². The molecule has 0 bridgehead atoms. The van der Waals surface area contributed by atoms with Gasteiger partial charge in [0.2, 0.25) is 0 Å². The number of nitrogens with two attached hydrogens (primary N) is 1. The van der Waals surface area contributed by atoms with Gasteiger partial charge in [0.15, 0.2) is 17.0 Å². The molecule has 4 N–H and O–H groups in total. The molecule has 9 nitrogen and oxygen atoms in total. The van der Waals surface area contributed by atoms with Crippen molar-refractivity contribution < 1.29 is 18.3 Å². The van der Waals surface area contributed by atoms with Crippen LogP contribution in [0.25, 0.3) is 16.9 Å². The quantitative estimate of drug-likeness (QED) is 0.212. The van der Waals surface area contributed by atoms with Gasteiger partial charge in [0.25, 0.3) is 0 Å². The fourth-order valence-corrected chi connectivity index (χ4v) is 3.67. The molecule has 0 amide bonds. The number of hydrogen-bond donors (Lipinski definition) is 3. The summed E-state index contributed by atoms with van der Waals surface area (Å²) in [6, 6.07) is 8.74. The third kappa shape index (κ3) is 7.08. The first-order valence-corrected chi connectivity index (χ1v) is 11.9. The van der Waals surface area contributed by atoms with Crippen LogP contribution >= 0.6 is 24.0 Å². The van der Waals surface area contributed by atoms with Crippen molar-refractivity contribution in [3.05, 3.63) is 65.7 Å². The summed E-state index contributed by atoms with van der Waals surface area (Å²) in [5.41, 5.74) is 7.18. The zero-order valence-corrected chi connectivity index (χ0v) is 22.7. The van der Waals surface area contributed by atoms with Gasteiger partial charge in [-0.1, -0.05) is 32.4 Å². The Kier molecular flexibility index (Phi) is 8.94. The third-order valence-corrected chi connectivity index (χ3v) is 6.15. The van der Waals surface area contributed by atoms with Gasteiger partial charge in [-0.05, 0) is 47.9 Å². The molecular weight excluding hydrogens is 556 g/mol.